The maximum absolute atomic E-state index is 11.9. The van der Waals surface area contributed by atoms with E-state index in [2.05, 4.69) is 0 Å². The number of carbonyl (C=O) groups is 1. The summed E-state index contributed by atoms with van der Waals surface area (Å²) in [5.41, 5.74) is 0.288. The molecule has 1 aliphatic rings. The van der Waals surface area contributed by atoms with Crippen LogP contribution in [-0.2, 0) is 26.0 Å². The minimum atomic E-state index is -3.20. The number of hydrogen-bond acceptors (Lipinski definition) is 7. The standard InChI is InChI=1S/C17H16O7S/c1-22-13-2-3-14-12(7-17(19)24-15(14)8-13)9-23-16(18)6-11-4-5-25(20,21)10-11/h2-5,7-8,11H,6,9-10H2,1H3. The first-order valence-electron chi connectivity index (χ1n) is 7.54. The fourth-order valence-corrected chi connectivity index (χ4v) is 4.05. The maximum Gasteiger partial charge on any atom is 0.336 e. The van der Waals surface area contributed by atoms with Gasteiger partial charge in [-0.05, 0) is 12.1 Å². The number of hydrogen-bond donors (Lipinski definition) is 0. The zero-order valence-corrected chi connectivity index (χ0v) is 14.2. The zero-order valence-electron chi connectivity index (χ0n) is 13.4. The molecule has 2 aromatic rings. The van der Waals surface area contributed by atoms with E-state index in [1.807, 2.05) is 0 Å². The molecular formula is C17H16O7S. The molecular weight excluding hydrogens is 348 g/mol. The van der Waals surface area contributed by atoms with Gasteiger partial charge in [0.05, 0.1) is 19.3 Å². The van der Waals surface area contributed by atoms with Crippen LogP contribution in [0.1, 0.15) is 12.0 Å². The Kier molecular flexibility index (Phi) is 4.63. The van der Waals surface area contributed by atoms with Crippen molar-refractivity contribution in [3.8, 4) is 5.75 Å². The van der Waals surface area contributed by atoms with Gasteiger partial charge in [-0.1, -0.05) is 6.08 Å². The Hall–Kier alpha value is -2.61. The maximum atomic E-state index is 11.9. The fraction of sp³-hybridized carbons (Fsp3) is 0.294. The minimum Gasteiger partial charge on any atom is -0.497 e. The number of allylic oxidation sites excluding steroid dienone is 1. The van der Waals surface area contributed by atoms with Crippen LogP contribution in [0.15, 0.2) is 45.0 Å². The normalized spacial score (nSPS) is 18.4. The monoisotopic (exact) mass is 364 g/mol. The van der Waals surface area contributed by atoms with Crippen molar-refractivity contribution in [2.75, 3.05) is 12.9 Å². The van der Waals surface area contributed by atoms with E-state index in [0.717, 1.165) is 5.41 Å². The summed E-state index contributed by atoms with van der Waals surface area (Å²) in [4.78, 5) is 23.6. The molecule has 0 saturated carbocycles. The lowest BCUT2D eigenvalue weighted by Gasteiger charge is -2.09. The van der Waals surface area contributed by atoms with E-state index < -0.39 is 21.4 Å². The summed E-state index contributed by atoms with van der Waals surface area (Å²) >= 11 is 0. The number of ether oxygens (including phenoxy) is 2. The Morgan fingerprint density at radius 3 is 2.80 bits per heavy atom. The molecule has 0 bridgehead atoms. The van der Waals surface area contributed by atoms with Gasteiger partial charge in [-0.2, -0.15) is 0 Å². The molecule has 0 amide bonds. The van der Waals surface area contributed by atoms with Crippen molar-refractivity contribution < 1.29 is 27.1 Å². The number of sulfone groups is 1. The molecule has 1 aromatic carbocycles. The summed E-state index contributed by atoms with van der Waals surface area (Å²) in [6, 6.07) is 6.27. The number of esters is 1. The summed E-state index contributed by atoms with van der Waals surface area (Å²) in [7, 11) is -1.70. The average molecular weight is 364 g/mol. The van der Waals surface area contributed by atoms with Gasteiger partial charge in [0.1, 0.15) is 17.9 Å². The van der Waals surface area contributed by atoms with Crippen molar-refractivity contribution >= 4 is 26.8 Å². The third-order valence-corrected chi connectivity index (χ3v) is 5.32. The molecule has 8 heteroatoms. The average Bonchev–Trinajstić information content (AvgIpc) is 2.90. The highest BCUT2D eigenvalue weighted by atomic mass is 32.2. The first-order chi connectivity index (χ1) is 11.9. The van der Waals surface area contributed by atoms with Crippen molar-refractivity contribution in [1.29, 1.82) is 0 Å². The molecule has 1 unspecified atom stereocenters. The van der Waals surface area contributed by atoms with Gasteiger partial charge < -0.3 is 13.9 Å². The van der Waals surface area contributed by atoms with Crippen molar-refractivity contribution in [2.24, 2.45) is 5.92 Å². The summed E-state index contributed by atoms with van der Waals surface area (Å²) < 4.78 is 38.1. The van der Waals surface area contributed by atoms with E-state index in [1.165, 1.54) is 19.3 Å². The van der Waals surface area contributed by atoms with Crippen LogP contribution in [-0.4, -0.2) is 27.2 Å². The third kappa shape index (κ3) is 4.08. The molecule has 0 N–H and O–H groups in total. The van der Waals surface area contributed by atoms with Crippen LogP contribution in [0.2, 0.25) is 0 Å². The molecule has 25 heavy (non-hydrogen) atoms. The molecule has 0 aliphatic carbocycles. The molecule has 0 radical (unpaired) electrons. The molecule has 3 rings (SSSR count). The van der Waals surface area contributed by atoms with Crippen LogP contribution >= 0.6 is 0 Å². The second-order valence-corrected chi connectivity index (χ2v) is 7.67. The lowest BCUT2D eigenvalue weighted by Crippen LogP contribution is -2.14. The van der Waals surface area contributed by atoms with E-state index in [-0.39, 0.29) is 24.7 Å². The molecule has 1 aliphatic heterocycles. The van der Waals surface area contributed by atoms with Gasteiger partial charge in [0.15, 0.2) is 9.84 Å². The van der Waals surface area contributed by atoms with Crippen LogP contribution in [0.5, 0.6) is 5.75 Å². The van der Waals surface area contributed by atoms with Gasteiger partial charge in [-0.3, -0.25) is 4.79 Å². The Labute approximate surface area is 143 Å². The largest absolute Gasteiger partial charge is 0.497 e. The number of fused-ring (bicyclic) bond motifs is 1. The SMILES string of the molecule is COc1ccc2c(COC(=O)CC3C=CS(=O)(=O)C3)cc(=O)oc2c1. The number of rotatable bonds is 5. The highest BCUT2D eigenvalue weighted by molar-refractivity contribution is 7.94. The predicted molar refractivity (Wildman–Crippen MR) is 89.9 cm³/mol. The molecule has 1 atom stereocenters. The smallest absolute Gasteiger partial charge is 0.336 e. The Morgan fingerprint density at radius 2 is 2.12 bits per heavy atom. The first-order valence-corrected chi connectivity index (χ1v) is 9.25. The third-order valence-electron chi connectivity index (χ3n) is 3.86. The lowest BCUT2D eigenvalue weighted by molar-refractivity contribution is -0.145. The fourth-order valence-electron chi connectivity index (χ4n) is 2.66. The van der Waals surface area contributed by atoms with E-state index in [9.17, 15) is 18.0 Å². The van der Waals surface area contributed by atoms with E-state index >= 15 is 0 Å². The van der Waals surface area contributed by atoms with Crippen LogP contribution in [0.3, 0.4) is 0 Å². The molecule has 1 aromatic heterocycles. The van der Waals surface area contributed by atoms with Crippen molar-refractivity contribution in [2.45, 2.75) is 13.0 Å². The summed E-state index contributed by atoms with van der Waals surface area (Å²) in [5.74, 6) is -0.445. The van der Waals surface area contributed by atoms with Gasteiger partial charge in [0.25, 0.3) is 0 Å². The molecule has 132 valence electrons. The molecule has 0 saturated heterocycles. The second kappa shape index (κ2) is 6.72. The summed E-state index contributed by atoms with van der Waals surface area (Å²) in [6.45, 7) is -0.101. The molecule has 2 heterocycles. The number of carbonyl (C=O) groups excluding carboxylic acids is 1. The molecule has 7 nitrogen and oxygen atoms in total. The summed E-state index contributed by atoms with van der Waals surface area (Å²) in [6.07, 6.45) is 1.47. The van der Waals surface area contributed by atoms with Crippen molar-refractivity contribution in [3.05, 3.63) is 51.7 Å². The highest BCUT2D eigenvalue weighted by Crippen LogP contribution is 2.23. The van der Waals surface area contributed by atoms with Crippen LogP contribution < -0.4 is 10.4 Å². The van der Waals surface area contributed by atoms with Gasteiger partial charge in [-0.15, -0.1) is 0 Å². The Bertz CT molecular complexity index is 1000. The van der Waals surface area contributed by atoms with Crippen LogP contribution in [0.4, 0.5) is 0 Å². The topological polar surface area (TPSA) is 99.9 Å². The van der Waals surface area contributed by atoms with Gasteiger partial charge in [0, 0.05) is 34.4 Å². The first kappa shape index (κ1) is 17.2. The van der Waals surface area contributed by atoms with E-state index in [1.54, 1.807) is 18.2 Å². The molecule has 0 spiro atoms. The molecule has 0 fully saturated rings. The summed E-state index contributed by atoms with van der Waals surface area (Å²) in [5, 5.41) is 1.75. The van der Waals surface area contributed by atoms with Crippen LogP contribution in [0, 0.1) is 5.92 Å². The highest BCUT2D eigenvalue weighted by Gasteiger charge is 2.24. The van der Waals surface area contributed by atoms with Crippen molar-refractivity contribution in [3.63, 3.8) is 0 Å². The number of benzene rings is 1. The Morgan fingerprint density at radius 1 is 1.32 bits per heavy atom. The quantitative estimate of drug-likeness (QED) is 0.589. The lowest BCUT2D eigenvalue weighted by atomic mass is 10.1. The van der Waals surface area contributed by atoms with Gasteiger partial charge >= 0.3 is 11.6 Å². The van der Waals surface area contributed by atoms with Gasteiger partial charge in [0.2, 0.25) is 0 Å². The Balaban J connectivity index is 1.71. The van der Waals surface area contributed by atoms with Gasteiger partial charge in [-0.25, -0.2) is 13.2 Å². The number of methoxy groups -OCH3 is 1. The second-order valence-electron chi connectivity index (χ2n) is 5.74. The van der Waals surface area contributed by atoms with Crippen molar-refractivity contribution in [1.82, 2.24) is 0 Å². The predicted octanol–water partition coefficient (Wildman–Crippen LogP) is 1.79. The van der Waals surface area contributed by atoms with E-state index in [0.29, 0.717) is 22.3 Å². The van der Waals surface area contributed by atoms with Crippen LogP contribution in [0.25, 0.3) is 11.0 Å². The zero-order chi connectivity index (χ0) is 18.0. The van der Waals surface area contributed by atoms with E-state index in [4.69, 9.17) is 13.9 Å². The minimum absolute atomic E-state index is 0.0249.